The van der Waals surface area contributed by atoms with Crippen LogP contribution in [0.4, 0.5) is 14.6 Å². The lowest BCUT2D eigenvalue weighted by Gasteiger charge is -2.40. The third kappa shape index (κ3) is 3.00. The standard InChI is InChI=1S/C21H21F2N3O2/c1-2-28-20(27)21(16-8-7-14(22)13-17(16)23)9-11-26(12-10-21)19-15-5-3-4-6-18(15)24-25-19/h3-8,13H,2,9-12H2,1H3,(H,24,25). The molecule has 1 fully saturated rings. The molecule has 0 bridgehead atoms. The first-order valence-corrected chi connectivity index (χ1v) is 9.36. The first kappa shape index (κ1) is 18.4. The molecule has 0 saturated carbocycles. The van der Waals surface area contributed by atoms with Crippen LogP contribution in [0.15, 0.2) is 42.5 Å². The van der Waals surface area contributed by atoms with Gasteiger partial charge in [0.25, 0.3) is 0 Å². The zero-order valence-electron chi connectivity index (χ0n) is 15.5. The number of ether oxygens (including phenoxy) is 1. The Morgan fingerprint density at radius 2 is 1.96 bits per heavy atom. The second-order valence-electron chi connectivity index (χ2n) is 7.01. The summed E-state index contributed by atoms with van der Waals surface area (Å²) in [5.41, 5.74) is -0.000610. The number of benzene rings is 2. The molecule has 5 nitrogen and oxygen atoms in total. The molecular formula is C21H21F2N3O2. The van der Waals surface area contributed by atoms with Gasteiger partial charge in [0.1, 0.15) is 11.6 Å². The number of nitrogens with one attached hydrogen (secondary N) is 1. The lowest BCUT2D eigenvalue weighted by Crippen LogP contribution is -2.48. The second-order valence-corrected chi connectivity index (χ2v) is 7.01. The summed E-state index contributed by atoms with van der Waals surface area (Å²) in [6.45, 7) is 2.93. The monoisotopic (exact) mass is 385 g/mol. The van der Waals surface area contributed by atoms with Crippen molar-refractivity contribution in [3.8, 4) is 0 Å². The van der Waals surface area contributed by atoms with Gasteiger partial charge in [-0.1, -0.05) is 18.2 Å². The number of carbonyl (C=O) groups is 1. The fraction of sp³-hybridized carbons (Fsp3) is 0.333. The van der Waals surface area contributed by atoms with Crippen molar-refractivity contribution in [1.29, 1.82) is 0 Å². The maximum Gasteiger partial charge on any atom is 0.316 e. The summed E-state index contributed by atoms with van der Waals surface area (Å²) >= 11 is 0. The van der Waals surface area contributed by atoms with Gasteiger partial charge in [0.15, 0.2) is 5.82 Å². The number of piperidine rings is 1. The molecule has 0 atom stereocenters. The van der Waals surface area contributed by atoms with Crippen molar-refractivity contribution in [3.05, 3.63) is 59.7 Å². The van der Waals surface area contributed by atoms with E-state index in [-0.39, 0.29) is 12.2 Å². The molecule has 146 valence electrons. The molecule has 0 radical (unpaired) electrons. The molecule has 2 aromatic carbocycles. The number of hydrogen-bond acceptors (Lipinski definition) is 4. The van der Waals surface area contributed by atoms with Crippen molar-refractivity contribution in [3.63, 3.8) is 0 Å². The minimum absolute atomic E-state index is 0.193. The zero-order valence-corrected chi connectivity index (χ0v) is 15.5. The first-order chi connectivity index (χ1) is 13.5. The topological polar surface area (TPSA) is 58.2 Å². The molecule has 4 rings (SSSR count). The van der Waals surface area contributed by atoms with Crippen LogP contribution in [-0.2, 0) is 14.9 Å². The zero-order chi connectivity index (χ0) is 19.7. The molecule has 1 aliphatic heterocycles. The quantitative estimate of drug-likeness (QED) is 0.691. The van der Waals surface area contributed by atoms with E-state index in [0.29, 0.717) is 25.9 Å². The van der Waals surface area contributed by atoms with E-state index in [2.05, 4.69) is 15.1 Å². The molecule has 1 aromatic heterocycles. The smallest absolute Gasteiger partial charge is 0.316 e. The molecule has 7 heteroatoms. The van der Waals surface area contributed by atoms with Gasteiger partial charge in [0.2, 0.25) is 0 Å². The number of anilines is 1. The Balaban J connectivity index is 1.66. The Kier molecular flexibility index (Phi) is 4.75. The number of nitrogens with zero attached hydrogens (tertiary/aromatic N) is 2. The average molecular weight is 385 g/mol. The van der Waals surface area contributed by atoms with Crippen LogP contribution in [0.2, 0.25) is 0 Å². The van der Waals surface area contributed by atoms with Gasteiger partial charge in [-0.15, -0.1) is 0 Å². The number of H-pyrrole nitrogens is 1. The fourth-order valence-corrected chi connectivity index (χ4v) is 4.02. The lowest BCUT2D eigenvalue weighted by atomic mass is 9.72. The Hall–Kier alpha value is -2.96. The third-order valence-electron chi connectivity index (χ3n) is 5.48. The highest BCUT2D eigenvalue weighted by molar-refractivity contribution is 5.90. The molecule has 2 heterocycles. The van der Waals surface area contributed by atoms with Crippen molar-refractivity contribution in [2.75, 3.05) is 24.6 Å². The highest BCUT2D eigenvalue weighted by Gasteiger charge is 2.46. The van der Waals surface area contributed by atoms with Gasteiger partial charge >= 0.3 is 5.97 Å². The molecule has 1 N–H and O–H groups in total. The van der Waals surface area contributed by atoms with Gasteiger partial charge in [-0.25, -0.2) is 8.78 Å². The van der Waals surface area contributed by atoms with Crippen LogP contribution in [0.3, 0.4) is 0 Å². The number of aromatic amines is 1. The summed E-state index contributed by atoms with van der Waals surface area (Å²) in [7, 11) is 0. The Bertz CT molecular complexity index is 1010. The van der Waals surface area contributed by atoms with Crippen LogP contribution in [0, 0.1) is 11.6 Å². The largest absolute Gasteiger partial charge is 0.465 e. The molecule has 1 aliphatic rings. The predicted molar refractivity (Wildman–Crippen MR) is 102 cm³/mol. The van der Waals surface area contributed by atoms with E-state index in [0.717, 1.165) is 22.8 Å². The highest BCUT2D eigenvalue weighted by Crippen LogP contribution is 2.40. The molecule has 3 aromatic rings. The van der Waals surface area contributed by atoms with Crippen molar-refractivity contribution in [1.82, 2.24) is 10.2 Å². The summed E-state index contributed by atoms with van der Waals surface area (Å²) < 4.78 is 33.3. The fourth-order valence-electron chi connectivity index (χ4n) is 4.02. The first-order valence-electron chi connectivity index (χ1n) is 9.36. The van der Waals surface area contributed by atoms with Crippen molar-refractivity contribution >= 4 is 22.7 Å². The van der Waals surface area contributed by atoms with E-state index in [1.165, 1.54) is 12.1 Å². The van der Waals surface area contributed by atoms with Gasteiger partial charge in [-0.05, 0) is 38.0 Å². The minimum Gasteiger partial charge on any atom is -0.465 e. The van der Waals surface area contributed by atoms with Crippen LogP contribution < -0.4 is 4.90 Å². The number of carbonyl (C=O) groups excluding carboxylic acids is 1. The number of esters is 1. The summed E-state index contributed by atoms with van der Waals surface area (Å²) in [6, 6.07) is 11.2. The Morgan fingerprint density at radius 1 is 1.21 bits per heavy atom. The number of para-hydroxylation sites is 1. The van der Waals surface area contributed by atoms with Crippen LogP contribution >= 0.6 is 0 Å². The summed E-state index contributed by atoms with van der Waals surface area (Å²) in [5.74, 6) is -1.04. The van der Waals surface area contributed by atoms with Crippen LogP contribution in [0.25, 0.3) is 10.9 Å². The number of halogens is 2. The third-order valence-corrected chi connectivity index (χ3v) is 5.48. The molecule has 0 aliphatic carbocycles. The number of aromatic nitrogens is 2. The maximum atomic E-state index is 14.6. The molecular weight excluding hydrogens is 364 g/mol. The SMILES string of the molecule is CCOC(=O)C1(c2ccc(F)cc2F)CCN(c2n[nH]c3ccccc23)CC1. The van der Waals surface area contributed by atoms with Crippen LogP contribution in [0.1, 0.15) is 25.3 Å². The Labute approximate surface area is 161 Å². The maximum absolute atomic E-state index is 14.6. The average Bonchev–Trinajstić information content (AvgIpc) is 3.12. The second kappa shape index (κ2) is 7.22. The van der Waals surface area contributed by atoms with Crippen molar-refractivity contribution in [2.45, 2.75) is 25.2 Å². The molecule has 28 heavy (non-hydrogen) atoms. The van der Waals surface area contributed by atoms with Crippen molar-refractivity contribution < 1.29 is 18.3 Å². The van der Waals surface area contributed by atoms with E-state index >= 15 is 0 Å². The number of fused-ring (bicyclic) bond motifs is 1. The molecule has 0 unspecified atom stereocenters. The van der Waals surface area contributed by atoms with E-state index < -0.39 is 23.0 Å². The predicted octanol–water partition coefficient (Wildman–Crippen LogP) is 3.94. The van der Waals surface area contributed by atoms with Crippen molar-refractivity contribution in [2.24, 2.45) is 0 Å². The van der Waals surface area contributed by atoms with Crippen LogP contribution in [-0.4, -0.2) is 35.9 Å². The number of hydrogen-bond donors (Lipinski definition) is 1. The van der Waals surface area contributed by atoms with E-state index in [4.69, 9.17) is 4.74 Å². The molecule has 1 saturated heterocycles. The summed E-state index contributed by atoms with van der Waals surface area (Å²) in [5, 5.41) is 8.42. The summed E-state index contributed by atoms with van der Waals surface area (Å²) in [6.07, 6.45) is 0.713. The van der Waals surface area contributed by atoms with Gasteiger partial charge in [0, 0.05) is 30.1 Å². The Morgan fingerprint density at radius 3 is 2.68 bits per heavy atom. The minimum atomic E-state index is -1.13. The van der Waals surface area contributed by atoms with E-state index in [1.54, 1.807) is 6.92 Å². The van der Waals surface area contributed by atoms with E-state index in [1.807, 2.05) is 24.3 Å². The lowest BCUT2D eigenvalue weighted by molar-refractivity contribution is -0.151. The normalized spacial score (nSPS) is 16.3. The molecule has 0 spiro atoms. The highest BCUT2D eigenvalue weighted by atomic mass is 19.1. The van der Waals surface area contributed by atoms with Crippen LogP contribution in [0.5, 0.6) is 0 Å². The number of rotatable bonds is 4. The van der Waals surface area contributed by atoms with Gasteiger partial charge in [0.05, 0.1) is 17.5 Å². The molecule has 0 amide bonds. The van der Waals surface area contributed by atoms with Gasteiger partial charge in [-0.3, -0.25) is 9.89 Å². The van der Waals surface area contributed by atoms with Gasteiger partial charge in [-0.2, -0.15) is 5.10 Å². The summed E-state index contributed by atoms with van der Waals surface area (Å²) in [4.78, 5) is 14.9. The van der Waals surface area contributed by atoms with E-state index in [9.17, 15) is 13.6 Å². The van der Waals surface area contributed by atoms with Gasteiger partial charge < -0.3 is 9.64 Å².